The molecule has 0 bridgehead atoms. The molecule has 24 heavy (non-hydrogen) atoms. The molecule has 0 aliphatic carbocycles. The van der Waals surface area contributed by atoms with Crippen LogP contribution in [0.2, 0.25) is 0 Å². The number of hydrogen-bond donors (Lipinski definition) is 0. The molecule has 3 rings (SSSR count). The van der Waals surface area contributed by atoms with Gasteiger partial charge in [-0.15, -0.1) is 11.8 Å². The summed E-state index contributed by atoms with van der Waals surface area (Å²) in [7, 11) is 0. The van der Waals surface area contributed by atoms with Crippen LogP contribution in [0.4, 0.5) is 0 Å². The number of thioether (sulfide) groups is 1. The van der Waals surface area contributed by atoms with Gasteiger partial charge in [0.2, 0.25) is 0 Å². The molecule has 0 spiro atoms. The van der Waals surface area contributed by atoms with Gasteiger partial charge in [0.15, 0.2) is 0 Å². The molecule has 1 aliphatic rings. The fourth-order valence-corrected chi connectivity index (χ4v) is 3.84. The van der Waals surface area contributed by atoms with E-state index in [-0.39, 0.29) is 0 Å². The first-order valence-corrected chi connectivity index (χ1v) is 9.88. The third-order valence-electron chi connectivity index (χ3n) is 4.43. The molecular formula is C20H27N3S. The largest absolute Gasteiger partial charge is 0.298 e. The highest BCUT2D eigenvalue weighted by Gasteiger charge is 2.15. The Hall–Kier alpha value is -1.36. The van der Waals surface area contributed by atoms with E-state index in [9.17, 15) is 0 Å². The fraction of sp³-hybridized carbons (Fsp3) is 0.450. The summed E-state index contributed by atoms with van der Waals surface area (Å²) in [6, 6.07) is 15.3. The Labute approximate surface area is 150 Å². The molecule has 1 aromatic heterocycles. The first kappa shape index (κ1) is 17.5. The summed E-state index contributed by atoms with van der Waals surface area (Å²) < 4.78 is 0. The van der Waals surface area contributed by atoms with Crippen molar-refractivity contribution >= 4 is 11.8 Å². The molecule has 0 saturated carbocycles. The Morgan fingerprint density at radius 2 is 1.67 bits per heavy atom. The van der Waals surface area contributed by atoms with Gasteiger partial charge in [0.25, 0.3) is 0 Å². The normalized spacial score (nSPS) is 16.9. The van der Waals surface area contributed by atoms with Crippen LogP contribution in [0.3, 0.4) is 0 Å². The van der Waals surface area contributed by atoms with Gasteiger partial charge in [0.05, 0.1) is 5.69 Å². The molecule has 1 aliphatic heterocycles. The van der Waals surface area contributed by atoms with Crippen molar-refractivity contribution in [3.63, 3.8) is 0 Å². The highest BCUT2D eigenvalue weighted by molar-refractivity contribution is 7.99. The molecule has 3 nitrogen and oxygen atoms in total. The molecule has 128 valence electrons. The molecule has 4 heteroatoms. The lowest BCUT2D eigenvalue weighted by atomic mass is 10.2. The highest BCUT2D eigenvalue weighted by atomic mass is 32.2. The smallest absolute Gasteiger partial charge is 0.0543 e. The molecule has 2 aromatic rings. The predicted molar refractivity (Wildman–Crippen MR) is 102 cm³/mol. The van der Waals surface area contributed by atoms with Gasteiger partial charge in [-0.25, -0.2) is 0 Å². The van der Waals surface area contributed by atoms with Crippen molar-refractivity contribution in [2.75, 3.05) is 31.9 Å². The van der Waals surface area contributed by atoms with Crippen LogP contribution in [-0.2, 0) is 13.1 Å². The van der Waals surface area contributed by atoms with Gasteiger partial charge in [-0.05, 0) is 55.1 Å². The summed E-state index contributed by atoms with van der Waals surface area (Å²) in [4.78, 5) is 10.9. The summed E-state index contributed by atoms with van der Waals surface area (Å²) in [5, 5.41) is 0. The van der Waals surface area contributed by atoms with E-state index in [0.29, 0.717) is 0 Å². The average molecular weight is 342 g/mol. The van der Waals surface area contributed by atoms with Crippen molar-refractivity contribution in [3.8, 4) is 0 Å². The van der Waals surface area contributed by atoms with Crippen LogP contribution in [0.1, 0.15) is 24.6 Å². The Morgan fingerprint density at radius 3 is 2.33 bits per heavy atom. The van der Waals surface area contributed by atoms with Crippen molar-refractivity contribution in [3.05, 3.63) is 59.9 Å². The van der Waals surface area contributed by atoms with E-state index < -0.39 is 0 Å². The van der Waals surface area contributed by atoms with Crippen molar-refractivity contribution in [1.29, 1.82) is 0 Å². The van der Waals surface area contributed by atoms with Crippen LogP contribution in [0.15, 0.2) is 53.6 Å². The van der Waals surface area contributed by atoms with E-state index in [1.807, 2.05) is 24.0 Å². The molecular weight excluding hydrogens is 314 g/mol. The molecule has 0 radical (unpaired) electrons. The lowest BCUT2D eigenvalue weighted by molar-refractivity contribution is 0.245. The molecule has 0 unspecified atom stereocenters. The number of rotatable bonds is 6. The zero-order valence-electron chi connectivity index (χ0n) is 14.5. The second kappa shape index (κ2) is 9.21. The molecule has 1 saturated heterocycles. The van der Waals surface area contributed by atoms with Crippen molar-refractivity contribution in [1.82, 2.24) is 14.8 Å². The van der Waals surface area contributed by atoms with Crippen molar-refractivity contribution in [2.45, 2.75) is 31.3 Å². The SMILES string of the molecule is CCSc1ccc(CN2CCCN(Cc3ccccn3)CC2)cc1. The number of hydrogen-bond acceptors (Lipinski definition) is 4. The van der Waals surface area contributed by atoms with Gasteiger partial charge in [-0.1, -0.05) is 25.1 Å². The Bertz CT molecular complexity index is 600. The van der Waals surface area contributed by atoms with Gasteiger partial charge < -0.3 is 0 Å². The second-order valence-corrected chi connectivity index (χ2v) is 7.64. The van der Waals surface area contributed by atoms with Gasteiger partial charge in [0.1, 0.15) is 0 Å². The van der Waals surface area contributed by atoms with E-state index in [2.05, 4.69) is 58.1 Å². The minimum atomic E-state index is 0.970. The van der Waals surface area contributed by atoms with Crippen molar-refractivity contribution in [2.24, 2.45) is 0 Å². The number of benzene rings is 1. The molecule has 0 amide bonds. The Balaban J connectivity index is 1.50. The highest BCUT2D eigenvalue weighted by Crippen LogP contribution is 2.19. The van der Waals surface area contributed by atoms with Crippen LogP contribution in [0, 0.1) is 0 Å². The second-order valence-electron chi connectivity index (χ2n) is 6.30. The average Bonchev–Trinajstić information content (AvgIpc) is 2.83. The third kappa shape index (κ3) is 5.33. The molecule has 1 fully saturated rings. The maximum absolute atomic E-state index is 4.46. The van der Waals surface area contributed by atoms with Gasteiger partial charge >= 0.3 is 0 Å². The molecule has 2 heterocycles. The van der Waals surface area contributed by atoms with Crippen LogP contribution in [-0.4, -0.2) is 46.7 Å². The third-order valence-corrected chi connectivity index (χ3v) is 5.33. The van der Waals surface area contributed by atoms with E-state index >= 15 is 0 Å². The quantitative estimate of drug-likeness (QED) is 0.742. The lowest BCUT2D eigenvalue weighted by Crippen LogP contribution is -2.30. The maximum atomic E-state index is 4.46. The van der Waals surface area contributed by atoms with Gasteiger partial charge in [-0.3, -0.25) is 14.8 Å². The summed E-state index contributed by atoms with van der Waals surface area (Å²) in [5.74, 6) is 1.14. The Morgan fingerprint density at radius 1 is 0.917 bits per heavy atom. The fourth-order valence-electron chi connectivity index (χ4n) is 3.18. The predicted octanol–water partition coefficient (Wildman–Crippen LogP) is 3.90. The molecule has 0 N–H and O–H groups in total. The summed E-state index contributed by atoms with van der Waals surface area (Å²) >= 11 is 1.91. The first-order chi connectivity index (χ1) is 11.8. The van der Waals surface area contributed by atoms with E-state index in [4.69, 9.17) is 0 Å². The lowest BCUT2D eigenvalue weighted by Gasteiger charge is -2.21. The maximum Gasteiger partial charge on any atom is 0.0543 e. The first-order valence-electron chi connectivity index (χ1n) is 8.90. The van der Waals surface area contributed by atoms with E-state index in [0.717, 1.165) is 31.9 Å². The number of nitrogens with zero attached hydrogens (tertiary/aromatic N) is 3. The van der Waals surface area contributed by atoms with E-state index in [1.54, 1.807) is 0 Å². The van der Waals surface area contributed by atoms with Crippen LogP contribution >= 0.6 is 11.8 Å². The summed E-state index contributed by atoms with van der Waals surface area (Å²) in [6.07, 6.45) is 3.12. The van der Waals surface area contributed by atoms with Gasteiger partial charge in [-0.2, -0.15) is 0 Å². The van der Waals surface area contributed by atoms with Crippen LogP contribution in [0.25, 0.3) is 0 Å². The van der Waals surface area contributed by atoms with Gasteiger partial charge in [0, 0.05) is 37.3 Å². The van der Waals surface area contributed by atoms with Crippen molar-refractivity contribution < 1.29 is 0 Å². The Kier molecular flexibility index (Phi) is 6.70. The van der Waals surface area contributed by atoms with Crippen LogP contribution < -0.4 is 0 Å². The monoisotopic (exact) mass is 341 g/mol. The zero-order chi connectivity index (χ0) is 16.6. The summed E-state index contributed by atoms with van der Waals surface area (Å²) in [5.41, 5.74) is 2.60. The molecule has 0 atom stereocenters. The standard InChI is InChI=1S/C20H27N3S/c1-2-24-20-9-7-18(8-10-20)16-22-12-5-13-23(15-14-22)17-19-6-3-4-11-21-19/h3-4,6-11H,2,5,12-17H2,1H3. The number of pyridine rings is 1. The minimum absolute atomic E-state index is 0.970. The number of aromatic nitrogens is 1. The van der Waals surface area contributed by atoms with E-state index in [1.165, 1.54) is 35.7 Å². The topological polar surface area (TPSA) is 19.4 Å². The van der Waals surface area contributed by atoms with Crippen LogP contribution in [0.5, 0.6) is 0 Å². The zero-order valence-corrected chi connectivity index (χ0v) is 15.3. The summed E-state index contributed by atoms with van der Waals surface area (Å²) in [6.45, 7) is 8.85. The molecule has 1 aromatic carbocycles. The minimum Gasteiger partial charge on any atom is -0.298 e.